The number of nitrogens with zero attached hydrogens (tertiary/aromatic N) is 2. The van der Waals surface area contributed by atoms with Crippen molar-refractivity contribution in [3.63, 3.8) is 0 Å². The van der Waals surface area contributed by atoms with Crippen molar-refractivity contribution in [2.24, 2.45) is 11.8 Å². The van der Waals surface area contributed by atoms with Crippen LogP contribution in [0.3, 0.4) is 0 Å². The number of rotatable bonds is 8. The average molecular weight is 476 g/mol. The molecule has 1 heterocycles. The van der Waals surface area contributed by atoms with Crippen LogP contribution in [0.1, 0.15) is 66.8 Å². The number of methoxy groups -OCH3 is 2. The van der Waals surface area contributed by atoms with E-state index >= 15 is 0 Å². The summed E-state index contributed by atoms with van der Waals surface area (Å²) >= 11 is 6.52. The second-order valence-corrected chi connectivity index (χ2v) is 9.65. The zero-order valence-electron chi connectivity index (χ0n) is 20.1. The number of hydrogen-bond acceptors (Lipinski definition) is 5. The topological polar surface area (TPSA) is 82.4 Å². The van der Waals surface area contributed by atoms with Crippen LogP contribution in [0.4, 0.5) is 0 Å². The summed E-state index contributed by atoms with van der Waals surface area (Å²) in [6.07, 6.45) is 3.32. The molecule has 1 amide bonds. The van der Waals surface area contributed by atoms with Gasteiger partial charge in [-0.15, -0.1) is 0 Å². The van der Waals surface area contributed by atoms with Gasteiger partial charge in [0.1, 0.15) is 17.0 Å². The molecule has 1 saturated carbocycles. The predicted molar refractivity (Wildman–Crippen MR) is 127 cm³/mol. The van der Waals surface area contributed by atoms with Gasteiger partial charge in [-0.25, -0.2) is 4.98 Å². The third-order valence-electron chi connectivity index (χ3n) is 6.61. The molecule has 0 unspecified atom stereocenters. The normalized spacial score (nSPS) is 18.7. The third kappa shape index (κ3) is 5.95. The molecule has 0 aliphatic heterocycles. The van der Waals surface area contributed by atoms with Gasteiger partial charge in [0.25, 0.3) is 5.91 Å². The molecule has 8 heteroatoms. The summed E-state index contributed by atoms with van der Waals surface area (Å²) in [5.74, 6) is -0.0845. The highest BCUT2D eigenvalue weighted by atomic mass is 35.5. The number of aromatic nitrogens is 2. The van der Waals surface area contributed by atoms with E-state index in [1.54, 1.807) is 11.7 Å². The summed E-state index contributed by atoms with van der Waals surface area (Å²) in [4.78, 5) is 29.7. The lowest BCUT2D eigenvalue weighted by molar-refractivity contribution is -0.146. The highest BCUT2D eigenvalue weighted by molar-refractivity contribution is 6.28. The molecule has 1 fully saturated rings. The summed E-state index contributed by atoms with van der Waals surface area (Å²) in [7, 11) is 3.02. The van der Waals surface area contributed by atoms with E-state index in [-0.39, 0.29) is 23.1 Å². The van der Waals surface area contributed by atoms with E-state index in [9.17, 15) is 9.59 Å². The maximum Gasteiger partial charge on any atom is 0.308 e. The van der Waals surface area contributed by atoms with Crippen molar-refractivity contribution >= 4 is 23.5 Å². The second-order valence-electron chi connectivity index (χ2n) is 9.32. The summed E-state index contributed by atoms with van der Waals surface area (Å²) < 4.78 is 12.2. The number of nitrogens with one attached hydrogen (secondary N) is 1. The van der Waals surface area contributed by atoms with Crippen molar-refractivity contribution in [1.29, 1.82) is 0 Å². The van der Waals surface area contributed by atoms with Crippen LogP contribution in [0.5, 0.6) is 0 Å². The molecule has 1 aliphatic rings. The maximum absolute atomic E-state index is 13.4. The highest BCUT2D eigenvalue weighted by Crippen LogP contribution is 2.31. The summed E-state index contributed by atoms with van der Waals surface area (Å²) in [6.45, 7) is 6.73. The first-order chi connectivity index (χ1) is 15.7. The minimum absolute atomic E-state index is 0.0363. The fourth-order valence-corrected chi connectivity index (χ4v) is 4.51. The largest absolute Gasteiger partial charge is 0.469 e. The lowest BCUT2D eigenvalue weighted by Gasteiger charge is -2.27. The number of halogens is 1. The number of hydrogen-bond donors (Lipinski definition) is 1. The number of ether oxygens (including phenoxy) is 2. The van der Waals surface area contributed by atoms with Crippen molar-refractivity contribution in [1.82, 2.24) is 14.9 Å². The molecule has 0 spiro atoms. The van der Waals surface area contributed by atoms with Crippen LogP contribution >= 0.6 is 11.6 Å². The molecule has 7 nitrogen and oxygen atoms in total. The second kappa shape index (κ2) is 10.7. The number of aryl methyl sites for hydroxylation is 1. The van der Waals surface area contributed by atoms with Gasteiger partial charge in [-0.05, 0) is 69.5 Å². The lowest BCUT2D eigenvalue weighted by Crippen LogP contribution is -2.35. The first-order valence-electron chi connectivity index (χ1n) is 11.4. The fraction of sp³-hybridized carbons (Fsp3) is 0.560. The van der Waals surface area contributed by atoms with E-state index in [1.165, 1.54) is 7.11 Å². The van der Waals surface area contributed by atoms with Crippen LogP contribution in [-0.2, 0) is 26.4 Å². The van der Waals surface area contributed by atoms with Crippen molar-refractivity contribution in [3.05, 3.63) is 52.1 Å². The molecule has 1 aromatic heterocycles. The van der Waals surface area contributed by atoms with Crippen molar-refractivity contribution in [2.75, 3.05) is 20.8 Å². The molecule has 0 atom stereocenters. The quantitative estimate of drug-likeness (QED) is 0.569. The van der Waals surface area contributed by atoms with Crippen LogP contribution in [0, 0.1) is 18.8 Å². The average Bonchev–Trinajstić information content (AvgIpc) is 3.15. The molecule has 0 radical (unpaired) electrons. The molecular weight excluding hydrogens is 442 g/mol. The van der Waals surface area contributed by atoms with Gasteiger partial charge in [0.05, 0.1) is 19.6 Å². The predicted octanol–water partition coefficient (Wildman–Crippen LogP) is 4.48. The molecule has 180 valence electrons. The Morgan fingerprint density at radius 2 is 1.79 bits per heavy atom. The van der Waals surface area contributed by atoms with Gasteiger partial charge in [-0.1, -0.05) is 29.8 Å². The summed E-state index contributed by atoms with van der Waals surface area (Å²) in [5.41, 5.74) is 2.33. The minimum Gasteiger partial charge on any atom is -0.469 e. The highest BCUT2D eigenvalue weighted by Gasteiger charge is 2.34. The minimum atomic E-state index is -0.784. The van der Waals surface area contributed by atoms with Gasteiger partial charge in [0, 0.05) is 13.7 Å². The Balaban J connectivity index is 1.78. The molecule has 0 saturated heterocycles. The number of amides is 1. The zero-order valence-corrected chi connectivity index (χ0v) is 20.9. The van der Waals surface area contributed by atoms with Gasteiger partial charge in [0.2, 0.25) is 5.28 Å². The van der Waals surface area contributed by atoms with Crippen molar-refractivity contribution in [3.8, 4) is 0 Å². The fourth-order valence-electron chi connectivity index (χ4n) is 4.28. The number of esters is 1. The number of carbonyl (C=O) groups is 2. The molecule has 33 heavy (non-hydrogen) atoms. The zero-order chi connectivity index (χ0) is 24.2. The van der Waals surface area contributed by atoms with Gasteiger partial charge in [-0.2, -0.15) is 0 Å². The first kappa shape index (κ1) is 25.2. The Labute approximate surface area is 200 Å². The van der Waals surface area contributed by atoms with Gasteiger partial charge >= 0.3 is 5.97 Å². The Hall–Kier alpha value is -2.38. The van der Waals surface area contributed by atoms with Gasteiger partial charge in [0.15, 0.2) is 0 Å². The Morgan fingerprint density at radius 1 is 1.15 bits per heavy atom. The smallest absolute Gasteiger partial charge is 0.308 e. The van der Waals surface area contributed by atoms with E-state index in [2.05, 4.69) is 10.3 Å². The van der Waals surface area contributed by atoms with Crippen LogP contribution in [0.15, 0.2) is 24.3 Å². The standard InChI is InChI=1S/C25H34ClN3O4/c1-16-6-8-18(9-7-16)15-29-20(21(28-24(29)26)25(2,3)33-5)22(30)27-14-17-10-12-19(13-11-17)23(31)32-4/h6-9,17,19H,10-15H2,1-5H3,(H,27,30). The molecule has 3 rings (SSSR count). The van der Waals surface area contributed by atoms with Gasteiger partial charge < -0.3 is 19.4 Å². The number of carbonyl (C=O) groups excluding carboxylic acids is 2. The van der Waals surface area contributed by atoms with Crippen LogP contribution in [-0.4, -0.2) is 42.2 Å². The maximum atomic E-state index is 13.4. The Kier molecular flexibility index (Phi) is 8.19. The molecule has 1 aliphatic carbocycles. The van der Waals surface area contributed by atoms with E-state index in [4.69, 9.17) is 21.1 Å². The third-order valence-corrected chi connectivity index (χ3v) is 6.90. The first-order valence-corrected chi connectivity index (χ1v) is 11.8. The molecule has 2 aromatic rings. The molecule has 1 N–H and O–H groups in total. The van der Waals surface area contributed by atoms with Crippen molar-refractivity contribution in [2.45, 2.75) is 58.6 Å². The summed E-state index contributed by atoms with van der Waals surface area (Å²) in [5, 5.41) is 3.33. The van der Waals surface area contributed by atoms with Crippen LogP contribution < -0.4 is 5.32 Å². The van der Waals surface area contributed by atoms with Crippen molar-refractivity contribution < 1.29 is 19.1 Å². The Morgan fingerprint density at radius 3 is 2.36 bits per heavy atom. The van der Waals surface area contributed by atoms with E-state index in [1.807, 2.05) is 45.0 Å². The number of benzene rings is 1. The number of imidazole rings is 1. The van der Waals surface area contributed by atoms with Crippen LogP contribution in [0.25, 0.3) is 0 Å². The molecular formula is C25H34ClN3O4. The summed E-state index contributed by atoms with van der Waals surface area (Å²) in [6, 6.07) is 8.11. The van der Waals surface area contributed by atoms with E-state index in [0.717, 1.165) is 36.8 Å². The Bertz CT molecular complexity index is 976. The van der Waals surface area contributed by atoms with Crippen LogP contribution in [0.2, 0.25) is 5.28 Å². The SMILES string of the molecule is COC(=O)C1CCC(CNC(=O)c2c(C(C)(C)OC)nc(Cl)n2Cc2ccc(C)cc2)CC1. The van der Waals surface area contributed by atoms with E-state index in [0.29, 0.717) is 30.4 Å². The molecule has 1 aromatic carbocycles. The van der Waals surface area contributed by atoms with Gasteiger partial charge in [-0.3, -0.25) is 9.59 Å². The van der Waals surface area contributed by atoms with E-state index < -0.39 is 5.60 Å². The molecule has 0 bridgehead atoms. The monoisotopic (exact) mass is 475 g/mol. The lowest BCUT2D eigenvalue weighted by atomic mass is 9.82.